The zero-order valence-corrected chi connectivity index (χ0v) is 18.7. The molecule has 1 amide bonds. The summed E-state index contributed by atoms with van der Waals surface area (Å²) < 4.78 is 28.2. The second-order valence-corrected chi connectivity index (χ2v) is 9.71. The van der Waals surface area contributed by atoms with Gasteiger partial charge >= 0.3 is 0 Å². The third-order valence-electron chi connectivity index (χ3n) is 5.33. The molecule has 3 aromatic rings. The monoisotopic (exact) mass is 465 g/mol. The smallest absolute Gasteiger partial charge is 0.264 e. The Balaban J connectivity index is 1.63. The van der Waals surface area contributed by atoms with E-state index in [1.807, 2.05) is 18.2 Å². The normalized spacial score (nSPS) is 13.2. The van der Waals surface area contributed by atoms with Crippen molar-refractivity contribution in [3.05, 3.63) is 88.4 Å². The first kappa shape index (κ1) is 21.9. The van der Waals surface area contributed by atoms with Crippen molar-refractivity contribution in [3.63, 3.8) is 0 Å². The molecule has 32 heavy (non-hydrogen) atoms. The molecule has 0 radical (unpaired) electrons. The minimum absolute atomic E-state index is 0.00752. The van der Waals surface area contributed by atoms with Crippen molar-refractivity contribution in [2.24, 2.45) is 0 Å². The summed E-state index contributed by atoms with van der Waals surface area (Å²) in [5.41, 5.74) is 3.06. The number of nitrogens with zero attached hydrogens (tertiary/aromatic N) is 2. The standard InChI is InChI=1S/C24H20ClN3O3S/c25-22-12-11-20(32(30,31)28-15-3-5-18-4-1-2-6-23(18)28)16-21(22)24(29)27-19-9-7-17(8-10-19)13-14-26/h1-2,4,6-12,16H,3,5,13,15H2,(H,27,29). The largest absolute Gasteiger partial charge is 0.322 e. The highest BCUT2D eigenvalue weighted by Gasteiger charge is 2.30. The van der Waals surface area contributed by atoms with Crippen molar-refractivity contribution >= 4 is 38.9 Å². The van der Waals surface area contributed by atoms with E-state index in [9.17, 15) is 13.2 Å². The first-order valence-corrected chi connectivity index (χ1v) is 11.9. The number of halogens is 1. The third-order valence-corrected chi connectivity index (χ3v) is 7.47. The fourth-order valence-electron chi connectivity index (χ4n) is 3.71. The first-order valence-electron chi connectivity index (χ1n) is 10.1. The molecule has 8 heteroatoms. The van der Waals surface area contributed by atoms with Crippen molar-refractivity contribution in [1.82, 2.24) is 0 Å². The lowest BCUT2D eigenvalue weighted by Crippen LogP contribution is -2.35. The van der Waals surface area contributed by atoms with Gasteiger partial charge in [-0.15, -0.1) is 0 Å². The van der Waals surface area contributed by atoms with Gasteiger partial charge in [-0.25, -0.2) is 8.42 Å². The molecule has 1 N–H and O–H groups in total. The molecule has 4 rings (SSSR count). The Labute approximate surface area is 192 Å². The van der Waals surface area contributed by atoms with Gasteiger partial charge in [0.2, 0.25) is 0 Å². The maximum atomic E-state index is 13.4. The average Bonchev–Trinajstić information content (AvgIpc) is 2.80. The molecular weight excluding hydrogens is 446 g/mol. The number of anilines is 2. The molecule has 1 aliphatic heterocycles. The van der Waals surface area contributed by atoms with Crippen molar-refractivity contribution < 1.29 is 13.2 Å². The number of hydrogen-bond acceptors (Lipinski definition) is 4. The zero-order chi connectivity index (χ0) is 22.7. The highest BCUT2D eigenvalue weighted by Crippen LogP contribution is 2.33. The summed E-state index contributed by atoms with van der Waals surface area (Å²) >= 11 is 6.24. The highest BCUT2D eigenvalue weighted by molar-refractivity contribution is 7.92. The van der Waals surface area contributed by atoms with Crippen molar-refractivity contribution in [1.29, 1.82) is 5.26 Å². The second kappa shape index (κ2) is 9.03. The molecule has 0 fully saturated rings. The predicted molar refractivity (Wildman–Crippen MR) is 124 cm³/mol. The van der Waals surface area contributed by atoms with Crippen molar-refractivity contribution in [3.8, 4) is 6.07 Å². The van der Waals surface area contributed by atoms with Gasteiger partial charge in [0.05, 0.1) is 33.7 Å². The summed E-state index contributed by atoms with van der Waals surface area (Å²) in [6, 6.07) is 20.5. The molecule has 0 bridgehead atoms. The summed E-state index contributed by atoms with van der Waals surface area (Å²) in [4.78, 5) is 12.9. The van der Waals surface area contributed by atoms with E-state index in [2.05, 4.69) is 11.4 Å². The van der Waals surface area contributed by atoms with Crippen LogP contribution in [0, 0.1) is 11.3 Å². The third kappa shape index (κ3) is 4.33. The molecule has 0 aliphatic carbocycles. The van der Waals surface area contributed by atoms with E-state index in [-0.39, 0.29) is 21.9 Å². The molecule has 0 saturated carbocycles. The molecule has 1 heterocycles. The number of para-hydroxylation sites is 1. The van der Waals surface area contributed by atoms with Crippen LogP contribution in [0.3, 0.4) is 0 Å². The minimum atomic E-state index is -3.87. The van der Waals surface area contributed by atoms with Crippen LogP contribution in [0.2, 0.25) is 5.02 Å². The van der Waals surface area contributed by atoms with E-state index in [4.69, 9.17) is 16.9 Å². The number of amides is 1. The Hall–Kier alpha value is -3.34. The topological polar surface area (TPSA) is 90.3 Å². The molecule has 6 nitrogen and oxygen atoms in total. The summed E-state index contributed by atoms with van der Waals surface area (Å²) in [5.74, 6) is -0.515. The van der Waals surface area contributed by atoms with E-state index in [0.29, 0.717) is 17.9 Å². The van der Waals surface area contributed by atoms with Gasteiger partial charge < -0.3 is 5.32 Å². The number of fused-ring (bicyclic) bond motifs is 1. The Morgan fingerprint density at radius 2 is 1.84 bits per heavy atom. The summed E-state index contributed by atoms with van der Waals surface area (Å²) in [7, 11) is -3.87. The lowest BCUT2D eigenvalue weighted by molar-refractivity contribution is 0.102. The van der Waals surface area contributed by atoms with Gasteiger partial charge in [-0.05, 0) is 60.4 Å². The van der Waals surface area contributed by atoms with E-state index in [1.165, 1.54) is 22.5 Å². The number of aryl methyl sites for hydroxylation is 1. The van der Waals surface area contributed by atoms with Crippen LogP contribution in [0.1, 0.15) is 27.9 Å². The van der Waals surface area contributed by atoms with E-state index < -0.39 is 15.9 Å². The SMILES string of the molecule is N#CCc1ccc(NC(=O)c2cc(S(=O)(=O)N3CCCc4ccccc43)ccc2Cl)cc1. The van der Waals surface area contributed by atoms with Gasteiger partial charge in [0.25, 0.3) is 15.9 Å². The van der Waals surface area contributed by atoms with Gasteiger partial charge in [0.15, 0.2) is 0 Å². The summed E-state index contributed by atoms with van der Waals surface area (Å²) in [6.45, 7) is 0.374. The number of hydrogen-bond donors (Lipinski definition) is 1. The molecule has 3 aromatic carbocycles. The maximum absolute atomic E-state index is 13.4. The van der Waals surface area contributed by atoms with Crippen LogP contribution >= 0.6 is 11.6 Å². The van der Waals surface area contributed by atoms with Crippen LogP contribution < -0.4 is 9.62 Å². The van der Waals surface area contributed by atoms with E-state index in [0.717, 1.165) is 24.0 Å². The lowest BCUT2D eigenvalue weighted by Gasteiger charge is -2.30. The molecule has 0 unspecified atom stereocenters. The fraction of sp³-hybridized carbons (Fsp3) is 0.167. The number of benzene rings is 3. The Bertz CT molecular complexity index is 1320. The lowest BCUT2D eigenvalue weighted by atomic mass is 10.0. The molecule has 162 valence electrons. The Morgan fingerprint density at radius 3 is 2.59 bits per heavy atom. The van der Waals surface area contributed by atoms with Gasteiger partial charge in [0, 0.05) is 12.2 Å². The molecule has 1 aliphatic rings. The molecular formula is C24H20ClN3O3S. The van der Waals surface area contributed by atoms with Gasteiger partial charge in [0.1, 0.15) is 0 Å². The van der Waals surface area contributed by atoms with E-state index in [1.54, 1.807) is 30.3 Å². The quantitative estimate of drug-likeness (QED) is 0.586. The molecule has 0 saturated heterocycles. The Morgan fingerprint density at radius 1 is 1.09 bits per heavy atom. The number of rotatable bonds is 5. The zero-order valence-electron chi connectivity index (χ0n) is 17.1. The fourth-order valence-corrected chi connectivity index (χ4v) is 5.48. The van der Waals surface area contributed by atoms with Gasteiger partial charge in [-0.1, -0.05) is 41.9 Å². The summed E-state index contributed by atoms with van der Waals surface area (Å²) in [6.07, 6.45) is 1.82. The second-order valence-electron chi connectivity index (χ2n) is 7.44. The number of carbonyl (C=O) groups excluding carboxylic acids is 1. The Kier molecular flexibility index (Phi) is 6.17. The van der Waals surface area contributed by atoms with Crippen molar-refractivity contribution in [2.45, 2.75) is 24.2 Å². The van der Waals surface area contributed by atoms with Crippen LogP contribution in [-0.4, -0.2) is 20.9 Å². The number of nitrogens with one attached hydrogen (secondary N) is 1. The van der Waals surface area contributed by atoms with Crippen LogP contribution in [0.15, 0.2) is 71.6 Å². The van der Waals surface area contributed by atoms with Crippen LogP contribution in [0.25, 0.3) is 0 Å². The van der Waals surface area contributed by atoms with E-state index >= 15 is 0 Å². The van der Waals surface area contributed by atoms with Gasteiger partial charge in [-0.3, -0.25) is 9.10 Å². The number of nitriles is 1. The highest BCUT2D eigenvalue weighted by atomic mass is 35.5. The van der Waals surface area contributed by atoms with Gasteiger partial charge in [-0.2, -0.15) is 5.26 Å². The molecule has 0 spiro atoms. The van der Waals surface area contributed by atoms with Crippen LogP contribution in [-0.2, 0) is 22.9 Å². The van der Waals surface area contributed by atoms with Crippen molar-refractivity contribution in [2.75, 3.05) is 16.2 Å². The number of carbonyl (C=O) groups is 1. The first-order chi connectivity index (χ1) is 15.4. The molecule has 0 aromatic heterocycles. The summed E-state index contributed by atoms with van der Waals surface area (Å²) in [5, 5.41) is 11.6. The van der Waals surface area contributed by atoms with Crippen LogP contribution in [0.5, 0.6) is 0 Å². The molecule has 0 atom stereocenters. The van der Waals surface area contributed by atoms with Crippen LogP contribution in [0.4, 0.5) is 11.4 Å². The number of sulfonamides is 1. The average molecular weight is 466 g/mol. The predicted octanol–water partition coefficient (Wildman–Crippen LogP) is 4.80. The minimum Gasteiger partial charge on any atom is -0.322 e. The maximum Gasteiger partial charge on any atom is 0.264 e.